The van der Waals surface area contributed by atoms with E-state index in [9.17, 15) is 4.79 Å². The van der Waals surface area contributed by atoms with E-state index in [1.54, 1.807) is 18.3 Å². The van der Waals surface area contributed by atoms with Gasteiger partial charge in [-0.1, -0.05) is 83.0 Å². The van der Waals surface area contributed by atoms with Crippen LogP contribution in [-0.4, -0.2) is 32.6 Å². The number of aromatic nitrogens is 3. The van der Waals surface area contributed by atoms with Crippen molar-refractivity contribution in [3.8, 4) is 17.1 Å². The number of hydrogen-bond donors (Lipinski definition) is 1. The van der Waals surface area contributed by atoms with Gasteiger partial charge in [0.05, 0.1) is 12.0 Å². The van der Waals surface area contributed by atoms with Crippen LogP contribution >= 0.6 is 23.4 Å². The Morgan fingerprint density at radius 2 is 1.73 bits per heavy atom. The molecule has 1 heterocycles. The van der Waals surface area contributed by atoms with Crippen molar-refractivity contribution in [1.82, 2.24) is 20.2 Å². The van der Waals surface area contributed by atoms with Crippen molar-refractivity contribution in [2.24, 2.45) is 5.10 Å². The number of nitrogens with zero attached hydrogens (tertiary/aromatic N) is 4. The average Bonchev–Trinajstić information content (AvgIpc) is 3.23. The van der Waals surface area contributed by atoms with Gasteiger partial charge in [0, 0.05) is 16.3 Å². The normalized spacial score (nSPS) is 11.1. The quantitative estimate of drug-likeness (QED) is 0.219. The molecule has 1 N–H and O–H groups in total. The van der Waals surface area contributed by atoms with Crippen LogP contribution in [0.4, 0.5) is 0 Å². The van der Waals surface area contributed by atoms with E-state index in [-0.39, 0.29) is 11.7 Å². The molecule has 0 unspecified atom stereocenters. The number of hydrogen-bond acceptors (Lipinski definition) is 5. The molecule has 0 fully saturated rings. The third kappa shape index (κ3) is 5.88. The highest BCUT2D eigenvalue weighted by molar-refractivity contribution is 7.99. The predicted octanol–water partition coefficient (Wildman–Crippen LogP) is 5.45. The van der Waals surface area contributed by atoms with Gasteiger partial charge in [0.2, 0.25) is 0 Å². The summed E-state index contributed by atoms with van der Waals surface area (Å²) in [6.45, 7) is 4.09. The number of thioether (sulfide) groups is 1. The van der Waals surface area contributed by atoms with E-state index in [2.05, 4.69) is 20.7 Å². The molecule has 6 nitrogen and oxygen atoms in total. The van der Waals surface area contributed by atoms with Gasteiger partial charge in [-0.3, -0.25) is 9.36 Å². The molecular weight excluding hydrogens is 454 g/mol. The fraction of sp³-hybridized carbons (Fsp3) is 0.120. The van der Waals surface area contributed by atoms with Crippen LogP contribution in [0.5, 0.6) is 0 Å². The Morgan fingerprint density at radius 3 is 2.42 bits per heavy atom. The first-order valence-corrected chi connectivity index (χ1v) is 11.7. The summed E-state index contributed by atoms with van der Waals surface area (Å²) in [6, 6.07) is 23.5. The van der Waals surface area contributed by atoms with Gasteiger partial charge in [0.1, 0.15) is 0 Å². The number of carbonyl (C=O) groups excluding carboxylic acids is 1. The third-order valence-corrected chi connectivity index (χ3v) is 5.98. The predicted molar refractivity (Wildman–Crippen MR) is 134 cm³/mol. The van der Waals surface area contributed by atoms with Crippen LogP contribution in [0.2, 0.25) is 5.02 Å². The summed E-state index contributed by atoms with van der Waals surface area (Å²) in [5.74, 6) is 0.625. The zero-order valence-corrected chi connectivity index (χ0v) is 19.8. The summed E-state index contributed by atoms with van der Waals surface area (Å²) in [5, 5.41) is 14.0. The van der Waals surface area contributed by atoms with E-state index in [4.69, 9.17) is 11.6 Å². The number of amides is 1. The standard InChI is InChI=1S/C25H22ClN5OS/c1-17-6-10-20(11-7-17)24-29-30-25(31(24)22-12-8-18(2)9-13-22)33-16-23(32)28-27-15-19-4-3-5-21(26)14-19/h3-15H,16H2,1-2H3,(H,28,32)/b27-15+. The van der Waals surface area contributed by atoms with Gasteiger partial charge >= 0.3 is 0 Å². The largest absolute Gasteiger partial charge is 0.272 e. The van der Waals surface area contributed by atoms with Crippen molar-refractivity contribution in [2.75, 3.05) is 5.75 Å². The van der Waals surface area contributed by atoms with Crippen molar-refractivity contribution < 1.29 is 4.79 Å². The molecule has 0 saturated heterocycles. The van der Waals surface area contributed by atoms with E-state index in [0.717, 1.165) is 28.2 Å². The Hall–Kier alpha value is -3.42. The van der Waals surface area contributed by atoms with Crippen molar-refractivity contribution >= 4 is 35.5 Å². The number of benzene rings is 3. The van der Waals surface area contributed by atoms with Crippen molar-refractivity contribution in [3.05, 3.63) is 94.5 Å². The molecule has 4 rings (SSSR count). The SMILES string of the molecule is Cc1ccc(-c2nnc(SCC(=O)N/N=C/c3cccc(Cl)c3)n2-c2ccc(C)cc2)cc1. The summed E-state index contributed by atoms with van der Waals surface area (Å²) in [6.07, 6.45) is 1.55. The Bertz CT molecular complexity index is 1280. The number of nitrogens with one attached hydrogen (secondary N) is 1. The second-order valence-corrected chi connectivity index (χ2v) is 8.86. The lowest BCUT2D eigenvalue weighted by Crippen LogP contribution is -2.20. The molecule has 166 valence electrons. The molecule has 8 heteroatoms. The lowest BCUT2D eigenvalue weighted by Gasteiger charge is -2.11. The minimum atomic E-state index is -0.242. The first-order chi connectivity index (χ1) is 16.0. The van der Waals surface area contributed by atoms with Gasteiger partial charge in [-0.15, -0.1) is 10.2 Å². The number of halogens is 1. The van der Waals surface area contributed by atoms with Crippen molar-refractivity contribution in [1.29, 1.82) is 0 Å². The molecule has 33 heavy (non-hydrogen) atoms. The maximum Gasteiger partial charge on any atom is 0.250 e. The summed E-state index contributed by atoms with van der Waals surface area (Å²) in [4.78, 5) is 12.4. The van der Waals surface area contributed by atoms with Crippen LogP contribution in [0.15, 0.2) is 83.1 Å². The molecule has 0 bridgehead atoms. The zero-order chi connectivity index (χ0) is 23.2. The van der Waals surface area contributed by atoms with E-state index >= 15 is 0 Å². The van der Waals surface area contributed by atoms with Gasteiger partial charge < -0.3 is 0 Å². The lowest BCUT2D eigenvalue weighted by molar-refractivity contribution is -0.118. The van der Waals surface area contributed by atoms with Crippen LogP contribution in [0.3, 0.4) is 0 Å². The van der Waals surface area contributed by atoms with E-state index in [0.29, 0.717) is 10.2 Å². The maximum absolute atomic E-state index is 12.4. The molecule has 1 aromatic heterocycles. The molecule has 0 aliphatic carbocycles. The Kier molecular flexibility index (Phi) is 7.22. The van der Waals surface area contributed by atoms with E-state index in [1.165, 1.54) is 17.3 Å². The summed E-state index contributed by atoms with van der Waals surface area (Å²) in [7, 11) is 0. The number of rotatable bonds is 7. The molecule has 0 saturated carbocycles. The Balaban J connectivity index is 1.51. The van der Waals surface area contributed by atoms with Crippen LogP contribution < -0.4 is 5.43 Å². The first-order valence-electron chi connectivity index (χ1n) is 10.3. The molecule has 0 atom stereocenters. The molecule has 0 spiro atoms. The van der Waals surface area contributed by atoms with Crippen molar-refractivity contribution in [2.45, 2.75) is 19.0 Å². The molecule has 0 aliphatic rings. The van der Waals surface area contributed by atoms with Crippen LogP contribution in [0.25, 0.3) is 17.1 Å². The molecular formula is C25H22ClN5OS. The summed E-state index contributed by atoms with van der Waals surface area (Å²) in [5.41, 5.74) is 7.57. The minimum Gasteiger partial charge on any atom is -0.272 e. The fourth-order valence-electron chi connectivity index (χ4n) is 3.11. The molecule has 4 aromatic rings. The molecule has 1 amide bonds. The number of carbonyl (C=O) groups is 1. The second kappa shape index (κ2) is 10.5. The van der Waals surface area contributed by atoms with Crippen LogP contribution in [0, 0.1) is 13.8 Å². The van der Waals surface area contributed by atoms with Gasteiger partial charge in [-0.25, -0.2) is 5.43 Å². The zero-order valence-electron chi connectivity index (χ0n) is 18.2. The summed E-state index contributed by atoms with van der Waals surface area (Å²) >= 11 is 7.27. The molecule has 0 aliphatic heterocycles. The highest BCUT2D eigenvalue weighted by atomic mass is 35.5. The fourth-order valence-corrected chi connectivity index (χ4v) is 4.05. The molecule has 3 aromatic carbocycles. The Morgan fingerprint density at radius 1 is 1.03 bits per heavy atom. The number of aryl methyl sites for hydroxylation is 2. The summed E-state index contributed by atoms with van der Waals surface area (Å²) < 4.78 is 1.97. The van der Waals surface area contributed by atoms with E-state index < -0.39 is 0 Å². The highest BCUT2D eigenvalue weighted by Crippen LogP contribution is 2.28. The van der Waals surface area contributed by atoms with Gasteiger partial charge in [0.15, 0.2) is 11.0 Å². The van der Waals surface area contributed by atoms with Gasteiger partial charge in [-0.05, 0) is 43.7 Å². The average molecular weight is 476 g/mol. The smallest absolute Gasteiger partial charge is 0.250 e. The van der Waals surface area contributed by atoms with E-state index in [1.807, 2.05) is 79.1 Å². The van der Waals surface area contributed by atoms with Crippen LogP contribution in [0.1, 0.15) is 16.7 Å². The van der Waals surface area contributed by atoms with Gasteiger partial charge in [0.25, 0.3) is 5.91 Å². The maximum atomic E-state index is 12.4. The first kappa shape index (κ1) is 22.8. The van der Waals surface area contributed by atoms with Crippen molar-refractivity contribution in [3.63, 3.8) is 0 Å². The second-order valence-electron chi connectivity index (χ2n) is 7.48. The topological polar surface area (TPSA) is 72.2 Å². The Labute approximate surface area is 201 Å². The number of hydrazone groups is 1. The van der Waals surface area contributed by atoms with Gasteiger partial charge in [-0.2, -0.15) is 5.10 Å². The lowest BCUT2D eigenvalue weighted by atomic mass is 10.1. The molecule has 0 radical (unpaired) electrons. The van der Waals surface area contributed by atoms with Crippen LogP contribution in [-0.2, 0) is 4.79 Å². The minimum absolute atomic E-state index is 0.144. The third-order valence-electron chi connectivity index (χ3n) is 4.82. The highest BCUT2D eigenvalue weighted by Gasteiger charge is 2.17. The monoisotopic (exact) mass is 475 g/mol.